The number of hydrogen-bond acceptors (Lipinski definition) is 2. The summed E-state index contributed by atoms with van der Waals surface area (Å²) in [4.78, 5) is 2.70. The summed E-state index contributed by atoms with van der Waals surface area (Å²) in [5.74, 6) is 0.668. The van der Waals surface area contributed by atoms with Crippen molar-refractivity contribution in [1.82, 2.24) is 10.2 Å². The summed E-state index contributed by atoms with van der Waals surface area (Å²) in [6.07, 6.45) is 8.31. The fourth-order valence-electron chi connectivity index (χ4n) is 4.58. The highest BCUT2D eigenvalue weighted by Gasteiger charge is 2.36. The largest absolute Gasteiger partial charge is 0.312 e. The summed E-state index contributed by atoms with van der Waals surface area (Å²) >= 11 is 0. The molecule has 0 heterocycles. The van der Waals surface area contributed by atoms with Crippen molar-refractivity contribution in [3.05, 3.63) is 35.4 Å². The Labute approximate surface area is 129 Å². The average molecular weight is 286 g/mol. The van der Waals surface area contributed by atoms with Crippen LogP contribution in [0.4, 0.5) is 0 Å². The molecular formula is C19H30N2. The summed E-state index contributed by atoms with van der Waals surface area (Å²) in [5, 5.41) is 3.61. The van der Waals surface area contributed by atoms with E-state index in [-0.39, 0.29) is 0 Å². The van der Waals surface area contributed by atoms with Crippen molar-refractivity contribution >= 4 is 0 Å². The van der Waals surface area contributed by atoms with E-state index in [2.05, 4.69) is 55.5 Å². The predicted molar refractivity (Wildman–Crippen MR) is 89.7 cm³/mol. The van der Waals surface area contributed by atoms with Gasteiger partial charge < -0.3 is 5.32 Å². The second-order valence-electron chi connectivity index (χ2n) is 7.06. The zero-order valence-corrected chi connectivity index (χ0v) is 13.8. The van der Waals surface area contributed by atoms with E-state index in [4.69, 9.17) is 0 Å². The van der Waals surface area contributed by atoms with Gasteiger partial charge in [-0.2, -0.15) is 0 Å². The molecule has 2 aliphatic carbocycles. The molecule has 1 aromatic carbocycles. The molecule has 116 valence electrons. The molecule has 1 N–H and O–H groups in total. The number of likely N-dealkylation sites (N-methyl/N-ethyl adjacent to an activating group) is 2. The van der Waals surface area contributed by atoms with Crippen LogP contribution in [-0.4, -0.2) is 31.1 Å². The van der Waals surface area contributed by atoms with Gasteiger partial charge in [0, 0.05) is 18.1 Å². The molecule has 0 spiro atoms. The highest BCUT2D eigenvalue weighted by atomic mass is 15.2. The predicted octanol–water partition coefficient (Wildman–Crippen LogP) is 4.09. The molecule has 0 aliphatic heterocycles. The summed E-state index contributed by atoms with van der Waals surface area (Å²) < 4.78 is 0. The second-order valence-corrected chi connectivity index (χ2v) is 7.06. The monoisotopic (exact) mass is 286 g/mol. The molecule has 3 unspecified atom stereocenters. The van der Waals surface area contributed by atoms with E-state index < -0.39 is 0 Å². The van der Waals surface area contributed by atoms with Crippen LogP contribution < -0.4 is 5.32 Å². The molecule has 0 aromatic heterocycles. The molecule has 2 heteroatoms. The van der Waals surface area contributed by atoms with Crippen molar-refractivity contribution in [2.24, 2.45) is 0 Å². The summed E-state index contributed by atoms with van der Waals surface area (Å²) in [6.45, 7) is 2.40. The van der Waals surface area contributed by atoms with E-state index in [1.807, 2.05) is 0 Å². The maximum absolute atomic E-state index is 3.61. The quantitative estimate of drug-likeness (QED) is 0.900. The lowest BCUT2D eigenvalue weighted by Crippen LogP contribution is -2.49. The topological polar surface area (TPSA) is 15.3 Å². The molecule has 1 aromatic rings. The van der Waals surface area contributed by atoms with Crippen molar-refractivity contribution in [3.8, 4) is 0 Å². The highest BCUT2D eigenvalue weighted by Crippen LogP contribution is 2.40. The van der Waals surface area contributed by atoms with E-state index in [0.29, 0.717) is 18.0 Å². The zero-order valence-electron chi connectivity index (χ0n) is 13.8. The van der Waals surface area contributed by atoms with Crippen LogP contribution in [0.25, 0.3) is 0 Å². The molecular weight excluding hydrogens is 256 g/mol. The Bertz CT molecular complexity index is 464. The van der Waals surface area contributed by atoms with Gasteiger partial charge in [0.1, 0.15) is 0 Å². The maximum Gasteiger partial charge on any atom is 0.0478 e. The van der Waals surface area contributed by atoms with Crippen LogP contribution in [0, 0.1) is 0 Å². The minimum atomic E-state index is 0.476. The van der Waals surface area contributed by atoms with E-state index in [1.165, 1.54) is 44.1 Å². The third-order valence-electron chi connectivity index (χ3n) is 5.83. The van der Waals surface area contributed by atoms with E-state index >= 15 is 0 Å². The van der Waals surface area contributed by atoms with Gasteiger partial charge in [-0.05, 0) is 50.4 Å². The van der Waals surface area contributed by atoms with E-state index in [0.717, 1.165) is 6.04 Å². The van der Waals surface area contributed by atoms with Gasteiger partial charge in [0.15, 0.2) is 0 Å². The Morgan fingerprint density at radius 1 is 1.05 bits per heavy atom. The summed E-state index contributed by atoms with van der Waals surface area (Å²) in [5.41, 5.74) is 3.07. The molecule has 1 saturated carbocycles. The molecule has 3 rings (SSSR count). The minimum absolute atomic E-state index is 0.476. The summed E-state index contributed by atoms with van der Waals surface area (Å²) in [6, 6.07) is 10.9. The number of nitrogens with one attached hydrogen (secondary N) is 1. The standard InChI is InChI=1S/C19H30N2/c1-14-13-18(21(3)15-9-5-4-6-10-15)19(20-2)17-12-8-7-11-16(14)17/h7-8,11-12,14-15,18-20H,4-6,9-10,13H2,1-3H3. The van der Waals surface area contributed by atoms with Gasteiger partial charge in [-0.3, -0.25) is 4.90 Å². The molecule has 1 fully saturated rings. The van der Waals surface area contributed by atoms with Gasteiger partial charge in [-0.1, -0.05) is 50.5 Å². The Hall–Kier alpha value is -0.860. The second kappa shape index (κ2) is 6.50. The summed E-state index contributed by atoms with van der Waals surface area (Å²) in [7, 11) is 4.49. The SMILES string of the molecule is CNC1c2ccccc2C(C)CC1N(C)C1CCCCC1. The molecule has 0 bridgehead atoms. The van der Waals surface area contributed by atoms with Gasteiger partial charge >= 0.3 is 0 Å². The van der Waals surface area contributed by atoms with Crippen molar-refractivity contribution in [2.75, 3.05) is 14.1 Å². The Morgan fingerprint density at radius 2 is 1.71 bits per heavy atom. The van der Waals surface area contributed by atoms with Crippen molar-refractivity contribution < 1.29 is 0 Å². The van der Waals surface area contributed by atoms with Crippen LogP contribution in [0.1, 0.15) is 68.5 Å². The molecule has 0 amide bonds. The Balaban J connectivity index is 1.85. The normalized spacial score (nSPS) is 30.4. The zero-order chi connectivity index (χ0) is 14.8. The molecule has 2 nitrogen and oxygen atoms in total. The van der Waals surface area contributed by atoms with E-state index in [1.54, 1.807) is 5.56 Å². The van der Waals surface area contributed by atoms with Gasteiger partial charge in [0.25, 0.3) is 0 Å². The van der Waals surface area contributed by atoms with Crippen LogP contribution in [0.5, 0.6) is 0 Å². The Morgan fingerprint density at radius 3 is 2.38 bits per heavy atom. The van der Waals surface area contributed by atoms with Crippen LogP contribution in [-0.2, 0) is 0 Å². The molecule has 0 saturated heterocycles. The molecule has 21 heavy (non-hydrogen) atoms. The lowest BCUT2D eigenvalue weighted by atomic mass is 9.76. The fraction of sp³-hybridized carbons (Fsp3) is 0.684. The first-order chi connectivity index (χ1) is 10.2. The van der Waals surface area contributed by atoms with Crippen LogP contribution in [0.15, 0.2) is 24.3 Å². The van der Waals surface area contributed by atoms with Crippen molar-refractivity contribution in [1.29, 1.82) is 0 Å². The van der Waals surface area contributed by atoms with Gasteiger partial charge in [0.2, 0.25) is 0 Å². The Kier molecular flexibility index (Phi) is 4.66. The van der Waals surface area contributed by atoms with E-state index in [9.17, 15) is 0 Å². The van der Waals surface area contributed by atoms with Gasteiger partial charge in [-0.25, -0.2) is 0 Å². The number of hydrogen-bond donors (Lipinski definition) is 1. The number of benzene rings is 1. The van der Waals surface area contributed by atoms with Crippen molar-refractivity contribution in [2.45, 2.75) is 69.5 Å². The first kappa shape index (κ1) is 15.1. The smallest absolute Gasteiger partial charge is 0.0478 e. The molecule has 3 atom stereocenters. The number of rotatable bonds is 3. The van der Waals surface area contributed by atoms with Crippen LogP contribution in [0.3, 0.4) is 0 Å². The van der Waals surface area contributed by atoms with Crippen LogP contribution in [0.2, 0.25) is 0 Å². The maximum atomic E-state index is 3.61. The first-order valence-corrected chi connectivity index (χ1v) is 8.70. The lowest BCUT2D eigenvalue weighted by Gasteiger charge is -2.45. The van der Waals surface area contributed by atoms with Gasteiger partial charge in [0.05, 0.1) is 0 Å². The lowest BCUT2D eigenvalue weighted by molar-refractivity contribution is 0.0955. The minimum Gasteiger partial charge on any atom is -0.312 e. The first-order valence-electron chi connectivity index (χ1n) is 8.70. The third-order valence-corrected chi connectivity index (χ3v) is 5.83. The van der Waals surface area contributed by atoms with Gasteiger partial charge in [-0.15, -0.1) is 0 Å². The van der Waals surface area contributed by atoms with Crippen LogP contribution >= 0.6 is 0 Å². The fourth-order valence-corrected chi connectivity index (χ4v) is 4.58. The number of nitrogens with zero attached hydrogens (tertiary/aromatic N) is 1. The molecule has 0 radical (unpaired) electrons. The molecule has 2 aliphatic rings. The number of fused-ring (bicyclic) bond motifs is 1. The average Bonchev–Trinajstić information content (AvgIpc) is 2.55. The highest BCUT2D eigenvalue weighted by molar-refractivity contribution is 5.36. The van der Waals surface area contributed by atoms with Crippen molar-refractivity contribution in [3.63, 3.8) is 0 Å². The third kappa shape index (κ3) is 2.89.